The van der Waals surface area contributed by atoms with Crippen molar-refractivity contribution in [3.05, 3.63) is 29.6 Å². The van der Waals surface area contributed by atoms with Crippen LogP contribution in [-0.2, 0) is 9.59 Å². The van der Waals surface area contributed by atoms with Crippen molar-refractivity contribution in [3.8, 4) is 0 Å². The SMILES string of the molecule is C[C@@H]1[C@H](C)CCC[C@H]1NC(=O)CN(C)CC(=O)Nc1ccc(F)c(F)c1F. The minimum Gasteiger partial charge on any atom is -0.352 e. The van der Waals surface area contributed by atoms with Gasteiger partial charge in [0.2, 0.25) is 11.8 Å². The predicted molar refractivity (Wildman–Crippen MR) is 96.6 cm³/mol. The molecular formula is C19H26F3N3O2. The molecule has 2 amide bonds. The zero-order chi connectivity index (χ0) is 20.1. The number of hydrogen-bond acceptors (Lipinski definition) is 3. The summed E-state index contributed by atoms with van der Waals surface area (Å²) in [7, 11) is 1.58. The Balaban J connectivity index is 1.82. The number of amides is 2. The average molecular weight is 385 g/mol. The molecule has 0 aliphatic heterocycles. The van der Waals surface area contributed by atoms with Crippen LogP contribution >= 0.6 is 0 Å². The zero-order valence-corrected chi connectivity index (χ0v) is 15.8. The first-order valence-corrected chi connectivity index (χ1v) is 9.10. The number of rotatable bonds is 6. The van der Waals surface area contributed by atoms with Gasteiger partial charge in [0.15, 0.2) is 17.5 Å². The minimum absolute atomic E-state index is 0.00524. The Morgan fingerprint density at radius 2 is 1.74 bits per heavy atom. The number of benzene rings is 1. The number of nitrogens with one attached hydrogen (secondary N) is 2. The fraction of sp³-hybridized carbons (Fsp3) is 0.579. The van der Waals surface area contributed by atoms with Gasteiger partial charge in [0.25, 0.3) is 0 Å². The lowest BCUT2D eigenvalue weighted by atomic mass is 9.78. The maximum absolute atomic E-state index is 13.6. The van der Waals surface area contributed by atoms with Gasteiger partial charge in [-0.1, -0.05) is 26.7 Å². The largest absolute Gasteiger partial charge is 0.352 e. The summed E-state index contributed by atoms with van der Waals surface area (Å²) < 4.78 is 39.7. The van der Waals surface area contributed by atoms with E-state index in [9.17, 15) is 22.8 Å². The number of nitrogens with zero attached hydrogens (tertiary/aromatic N) is 1. The summed E-state index contributed by atoms with van der Waals surface area (Å²) in [6.45, 7) is 4.12. The van der Waals surface area contributed by atoms with Crippen LogP contribution in [0.25, 0.3) is 0 Å². The minimum atomic E-state index is -1.64. The van der Waals surface area contributed by atoms with Crippen LogP contribution in [0.5, 0.6) is 0 Å². The van der Waals surface area contributed by atoms with E-state index in [0.717, 1.165) is 31.4 Å². The van der Waals surface area contributed by atoms with E-state index in [-0.39, 0.29) is 25.0 Å². The van der Waals surface area contributed by atoms with E-state index in [1.54, 1.807) is 7.05 Å². The van der Waals surface area contributed by atoms with E-state index in [2.05, 4.69) is 24.5 Å². The van der Waals surface area contributed by atoms with Crippen molar-refractivity contribution in [2.45, 2.75) is 39.2 Å². The van der Waals surface area contributed by atoms with Crippen molar-refractivity contribution in [1.29, 1.82) is 0 Å². The molecule has 1 aromatic carbocycles. The molecule has 0 aromatic heterocycles. The number of carbonyl (C=O) groups excluding carboxylic acids is 2. The molecule has 5 nitrogen and oxygen atoms in total. The highest BCUT2D eigenvalue weighted by Gasteiger charge is 2.28. The van der Waals surface area contributed by atoms with Gasteiger partial charge in [-0.05, 0) is 37.4 Å². The second-order valence-electron chi connectivity index (χ2n) is 7.38. The summed E-state index contributed by atoms with van der Waals surface area (Å²) in [4.78, 5) is 25.7. The van der Waals surface area contributed by atoms with Crippen molar-refractivity contribution in [2.24, 2.45) is 11.8 Å². The molecule has 0 saturated heterocycles. The van der Waals surface area contributed by atoms with Crippen molar-refractivity contribution in [1.82, 2.24) is 10.2 Å². The number of likely N-dealkylation sites (N-methyl/N-ethyl adjacent to an activating group) is 1. The van der Waals surface area contributed by atoms with E-state index in [0.29, 0.717) is 11.8 Å². The first kappa shape index (κ1) is 21.2. The topological polar surface area (TPSA) is 61.4 Å². The van der Waals surface area contributed by atoms with Gasteiger partial charge in [-0.2, -0.15) is 0 Å². The Bertz CT molecular complexity index is 699. The molecule has 1 saturated carbocycles. The van der Waals surface area contributed by atoms with Crippen molar-refractivity contribution in [2.75, 3.05) is 25.5 Å². The Kier molecular flexibility index (Phi) is 7.24. The highest BCUT2D eigenvalue weighted by atomic mass is 19.2. The molecule has 8 heteroatoms. The second kappa shape index (κ2) is 9.21. The number of hydrogen-bond donors (Lipinski definition) is 2. The third-order valence-corrected chi connectivity index (χ3v) is 5.19. The Morgan fingerprint density at radius 3 is 2.44 bits per heavy atom. The summed E-state index contributed by atoms with van der Waals surface area (Å²) in [5.41, 5.74) is -0.443. The van der Waals surface area contributed by atoms with Crippen LogP contribution in [0.4, 0.5) is 18.9 Å². The zero-order valence-electron chi connectivity index (χ0n) is 15.8. The van der Waals surface area contributed by atoms with Gasteiger partial charge in [0.05, 0.1) is 18.8 Å². The fourth-order valence-electron chi connectivity index (χ4n) is 3.40. The molecular weight excluding hydrogens is 359 g/mol. The average Bonchev–Trinajstić information content (AvgIpc) is 2.59. The molecule has 150 valence electrons. The van der Waals surface area contributed by atoms with Gasteiger partial charge in [0, 0.05) is 6.04 Å². The maximum Gasteiger partial charge on any atom is 0.238 e. The van der Waals surface area contributed by atoms with Crippen molar-refractivity contribution >= 4 is 17.5 Å². The number of anilines is 1. The van der Waals surface area contributed by atoms with E-state index in [4.69, 9.17) is 0 Å². The standard InChI is InChI=1S/C19H26F3N3O2/c1-11-5-4-6-14(12(11)2)23-16(26)9-25(3)10-17(27)24-15-8-7-13(20)18(21)19(15)22/h7-8,11-12,14H,4-6,9-10H2,1-3H3,(H,23,26)(H,24,27)/t11-,12-,14-/m1/s1. The molecule has 1 fully saturated rings. The molecule has 0 spiro atoms. The summed E-state index contributed by atoms with van der Waals surface area (Å²) >= 11 is 0. The van der Waals surface area contributed by atoms with Gasteiger partial charge in [-0.25, -0.2) is 13.2 Å². The van der Waals surface area contributed by atoms with Crippen LogP contribution in [0.15, 0.2) is 12.1 Å². The summed E-state index contributed by atoms with van der Waals surface area (Å²) in [5.74, 6) is -4.29. The summed E-state index contributed by atoms with van der Waals surface area (Å²) in [5, 5.41) is 5.19. The Morgan fingerprint density at radius 1 is 1.07 bits per heavy atom. The van der Waals surface area contributed by atoms with Gasteiger partial charge in [-0.3, -0.25) is 14.5 Å². The van der Waals surface area contributed by atoms with E-state index < -0.39 is 29.0 Å². The molecule has 3 atom stereocenters. The predicted octanol–water partition coefficient (Wildman–Crippen LogP) is 2.92. The van der Waals surface area contributed by atoms with Crippen LogP contribution < -0.4 is 10.6 Å². The molecule has 1 aliphatic rings. The Labute approximate surface area is 157 Å². The van der Waals surface area contributed by atoms with Crippen LogP contribution in [0, 0.1) is 29.3 Å². The molecule has 27 heavy (non-hydrogen) atoms. The summed E-state index contributed by atoms with van der Waals surface area (Å²) in [6, 6.07) is 1.81. The number of halogens is 3. The van der Waals surface area contributed by atoms with Gasteiger partial charge >= 0.3 is 0 Å². The smallest absolute Gasteiger partial charge is 0.238 e. The lowest BCUT2D eigenvalue weighted by Crippen LogP contribution is -2.47. The van der Waals surface area contributed by atoms with Crippen LogP contribution in [0.1, 0.15) is 33.1 Å². The van der Waals surface area contributed by atoms with Crippen molar-refractivity contribution in [3.63, 3.8) is 0 Å². The molecule has 1 aromatic rings. The van der Waals surface area contributed by atoms with Gasteiger partial charge < -0.3 is 10.6 Å². The monoisotopic (exact) mass is 385 g/mol. The maximum atomic E-state index is 13.6. The van der Waals surface area contributed by atoms with E-state index in [1.165, 1.54) is 4.90 Å². The quantitative estimate of drug-likeness (QED) is 0.741. The molecule has 1 aliphatic carbocycles. The number of carbonyl (C=O) groups is 2. The van der Waals surface area contributed by atoms with Crippen LogP contribution in [0.2, 0.25) is 0 Å². The van der Waals surface area contributed by atoms with Crippen LogP contribution in [0.3, 0.4) is 0 Å². The second-order valence-corrected chi connectivity index (χ2v) is 7.38. The third kappa shape index (κ3) is 5.69. The van der Waals surface area contributed by atoms with Crippen molar-refractivity contribution < 1.29 is 22.8 Å². The van der Waals surface area contributed by atoms with Gasteiger partial charge in [-0.15, -0.1) is 0 Å². The highest BCUT2D eigenvalue weighted by molar-refractivity contribution is 5.92. The van der Waals surface area contributed by atoms with Crippen LogP contribution in [-0.4, -0.2) is 42.9 Å². The first-order chi connectivity index (χ1) is 12.7. The highest BCUT2D eigenvalue weighted by Crippen LogP contribution is 2.29. The van der Waals surface area contributed by atoms with Gasteiger partial charge in [0.1, 0.15) is 0 Å². The Hall–Kier alpha value is -2.09. The van der Waals surface area contributed by atoms with E-state index in [1.807, 2.05) is 0 Å². The third-order valence-electron chi connectivity index (χ3n) is 5.19. The molecule has 2 rings (SSSR count). The molecule has 0 unspecified atom stereocenters. The summed E-state index contributed by atoms with van der Waals surface area (Å²) in [6.07, 6.45) is 3.18. The van der Waals surface area contributed by atoms with E-state index >= 15 is 0 Å². The lowest BCUT2D eigenvalue weighted by Gasteiger charge is -2.34. The lowest BCUT2D eigenvalue weighted by molar-refractivity contribution is -0.124. The molecule has 0 bridgehead atoms. The normalized spacial score (nSPS) is 22.6. The molecule has 0 heterocycles. The molecule has 2 N–H and O–H groups in total. The fourth-order valence-corrected chi connectivity index (χ4v) is 3.40. The first-order valence-electron chi connectivity index (χ1n) is 9.10. The molecule has 0 radical (unpaired) electrons.